The number of aromatic nitrogens is 2. The summed E-state index contributed by atoms with van der Waals surface area (Å²) < 4.78 is 1.79. The second kappa shape index (κ2) is 6.64. The molecule has 0 radical (unpaired) electrons. The molecule has 0 saturated heterocycles. The third kappa shape index (κ3) is 4.04. The second-order valence-electron chi connectivity index (χ2n) is 4.16. The Hall–Kier alpha value is -1.03. The summed E-state index contributed by atoms with van der Waals surface area (Å²) in [6, 6.07) is 0. The summed E-state index contributed by atoms with van der Waals surface area (Å²) in [4.78, 5) is 11.5. The predicted octanol–water partition coefficient (Wildman–Crippen LogP) is 2.46. The highest BCUT2D eigenvalue weighted by molar-refractivity contribution is 6.31. The Morgan fingerprint density at radius 1 is 1.47 bits per heavy atom. The zero-order chi connectivity index (χ0) is 12.8. The lowest BCUT2D eigenvalue weighted by Gasteiger charge is -2.05. The molecule has 1 amide bonds. The summed E-state index contributed by atoms with van der Waals surface area (Å²) in [5, 5.41) is 7.86. The molecule has 0 unspecified atom stereocenters. The van der Waals surface area contributed by atoms with E-state index in [2.05, 4.69) is 17.3 Å². The standard InChI is InChI=1S/C12H20ClN3O/c1-4-5-7-14-11(17)6-8-16-10(3)12(13)9(2)15-16/h4-8H2,1-3H3,(H,14,17). The van der Waals surface area contributed by atoms with Crippen LogP contribution in [0, 0.1) is 13.8 Å². The maximum absolute atomic E-state index is 11.5. The van der Waals surface area contributed by atoms with Crippen molar-refractivity contribution in [3.8, 4) is 0 Å². The quantitative estimate of drug-likeness (QED) is 0.796. The number of aryl methyl sites for hydroxylation is 2. The van der Waals surface area contributed by atoms with Crippen molar-refractivity contribution in [2.75, 3.05) is 6.54 Å². The van der Waals surface area contributed by atoms with E-state index in [1.807, 2.05) is 13.8 Å². The van der Waals surface area contributed by atoms with Crippen molar-refractivity contribution in [3.63, 3.8) is 0 Å². The van der Waals surface area contributed by atoms with E-state index in [1.54, 1.807) is 4.68 Å². The molecule has 4 nitrogen and oxygen atoms in total. The summed E-state index contributed by atoms with van der Waals surface area (Å²) in [7, 11) is 0. The topological polar surface area (TPSA) is 46.9 Å². The van der Waals surface area contributed by atoms with E-state index >= 15 is 0 Å². The molecular weight excluding hydrogens is 238 g/mol. The third-order valence-electron chi connectivity index (χ3n) is 2.70. The number of halogens is 1. The first-order chi connectivity index (χ1) is 8.06. The Morgan fingerprint density at radius 3 is 2.71 bits per heavy atom. The lowest BCUT2D eigenvalue weighted by atomic mass is 10.3. The molecule has 1 heterocycles. The molecular formula is C12H20ClN3O. The van der Waals surface area contributed by atoms with Gasteiger partial charge in [-0.3, -0.25) is 9.48 Å². The largest absolute Gasteiger partial charge is 0.356 e. The Labute approximate surface area is 107 Å². The Morgan fingerprint density at radius 2 is 2.18 bits per heavy atom. The molecule has 1 aromatic rings. The van der Waals surface area contributed by atoms with E-state index in [-0.39, 0.29) is 5.91 Å². The molecule has 17 heavy (non-hydrogen) atoms. The highest BCUT2D eigenvalue weighted by Crippen LogP contribution is 2.18. The van der Waals surface area contributed by atoms with Crippen LogP contribution in [0.4, 0.5) is 0 Å². The molecule has 96 valence electrons. The van der Waals surface area contributed by atoms with Crippen molar-refractivity contribution in [2.45, 2.75) is 46.6 Å². The van der Waals surface area contributed by atoms with Crippen molar-refractivity contribution < 1.29 is 4.79 Å². The smallest absolute Gasteiger partial charge is 0.221 e. The Kier molecular flexibility index (Phi) is 5.48. The summed E-state index contributed by atoms with van der Waals surface area (Å²) in [6.07, 6.45) is 2.56. The fourth-order valence-electron chi connectivity index (χ4n) is 1.59. The van der Waals surface area contributed by atoms with E-state index in [4.69, 9.17) is 11.6 Å². The van der Waals surface area contributed by atoms with Crippen LogP contribution in [0.15, 0.2) is 0 Å². The number of amides is 1. The molecule has 0 saturated carbocycles. The number of carbonyl (C=O) groups excluding carboxylic acids is 1. The van der Waals surface area contributed by atoms with E-state index in [1.165, 1.54) is 0 Å². The molecule has 0 atom stereocenters. The average Bonchev–Trinajstić information content (AvgIpc) is 2.54. The zero-order valence-corrected chi connectivity index (χ0v) is 11.5. The van der Waals surface area contributed by atoms with Crippen LogP contribution >= 0.6 is 11.6 Å². The first-order valence-corrected chi connectivity index (χ1v) is 6.40. The molecule has 0 aliphatic heterocycles. The number of rotatable bonds is 6. The van der Waals surface area contributed by atoms with Crippen molar-refractivity contribution in [2.24, 2.45) is 0 Å². The molecule has 0 fully saturated rings. The highest BCUT2D eigenvalue weighted by Gasteiger charge is 2.10. The van der Waals surface area contributed by atoms with Gasteiger partial charge in [0.25, 0.3) is 0 Å². The second-order valence-corrected chi connectivity index (χ2v) is 4.54. The SMILES string of the molecule is CCCCNC(=O)CCn1nc(C)c(Cl)c1C. The normalized spacial score (nSPS) is 10.6. The lowest BCUT2D eigenvalue weighted by Crippen LogP contribution is -2.25. The van der Waals surface area contributed by atoms with Crippen LogP contribution in [0.3, 0.4) is 0 Å². The fourth-order valence-corrected chi connectivity index (χ4v) is 1.73. The Balaban J connectivity index is 2.39. The number of hydrogen-bond donors (Lipinski definition) is 1. The minimum atomic E-state index is 0.0714. The molecule has 1 N–H and O–H groups in total. The van der Waals surface area contributed by atoms with Crippen LogP contribution in [-0.4, -0.2) is 22.2 Å². The summed E-state index contributed by atoms with van der Waals surface area (Å²) in [6.45, 7) is 7.22. The van der Waals surface area contributed by atoms with Gasteiger partial charge in [-0.05, 0) is 20.3 Å². The van der Waals surface area contributed by atoms with Gasteiger partial charge in [-0.25, -0.2) is 0 Å². The summed E-state index contributed by atoms with van der Waals surface area (Å²) in [5.74, 6) is 0.0714. The number of hydrogen-bond acceptors (Lipinski definition) is 2. The molecule has 5 heteroatoms. The molecule has 1 rings (SSSR count). The lowest BCUT2D eigenvalue weighted by molar-refractivity contribution is -0.121. The highest BCUT2D eigenvalue weighted by atomic mass is 35.5. The molecule has 0 spiro atoms. The first kappa shape index (κ1) is 14.0. The van der Waals surface area contributed by atoms with Crippen LogP contribution in [0.1, 0.15) is 37.6 Å². The fraction of sp³-hybridized carbons (Fsp3) is 0.667. The van der Waals surface area contributed by atoms with Crippen molar-refractivity contribution >= 4 is 17.5 Å². The molecule has 0 aliphatic rings. The van der Waals surface area contributed by atoms with Gasteiger partial charge in [-0.2, -0.15) is 5.10 Å². The Bertz CT molecular complexity index is 387. The van der Waals surface area contributed by atoms with E-state index < -0.39 is 0 Å². The van der Waals surface area contributed by atoms with Gasteiger partial charge in [0.15, 0.2) is 0 Å². The predicted molar refractivity (Wildman–Crippen MR) is 69.2 cm³/mol. The van der Waals surface area contributed by atoms with Crippen LogP contribution < -0.4 is 5.32 Å². The van der Waals surface area contributed by atoms with Gasteiger partial charge < -0.3 is 5.32 Å². The van der Waals surface area contributed by atoms with Crippen molar-refractivity contribution in [1.82, 2.24) is 15.1 Å². The van der Waals surface area contributed by atoms with Gasteiger partial charge in [0.1, 0.15) is 0 Å². The monoisotopic (exact) mass is 257 g/mol. The zero-order valence-electron chi connectivity index (χ0n) is 10.7. The van der Waals surface area contributed by atoms with Gasteiger partial charge in [0, 0.05) is 13.0 Å². The van der Waals surface area contributed by atoms with E-state index in [0.717, 1.165) is 30.8 Å². The maximum atomic E-state index is 11.5. The minimum Gasteiger partial charge on any atom is -0.356 e. The summed E-state index contributed by atoms with van der Waals surface area (Å²) >= 11 is 6.03. The molecule has 0 aromatic carbocycles. The number of carbonyl (C=O) groups is 1. The van der Waals surface area contributed by atoms with Gasteiger partial charge >= 0.3 is 0 Å². The molecule has 0 bridgehead atoms. The van der Waals surface area contributed by atoms with E-state index in [9.17, 15) is 4.79 Å². The van der Waals surface area contributed by atoms with Crippen LogP contribution in [0.25, 0.3) is 0 Å². The van der Waals surface area contributed by atoms with Gasteiger partial charge in [0.2, 0.25) is 5.91 Å². The van der Waals surface area contributed by atoms with Gasteiger partial charge in [0.05, 0.1) is 23.0 Å². The third-order valence-corrected chi connectivity index (χ3v) is 3.24. The van der Waals surface area contributed by atoms with Gasteiger partial charge in [-0.15, -0.1) is 0 Å². The van der Waals surface area contributed by atoms with Crippen molar-refractivity contribution in [1.29, 1.82) is 0 Å². The van der Waals surface area contributed by atoms with E-state index in [0.29, 0.717) is 18.0 Å². The van der Waals surface area contributed by atoms with Crippen LogP contribution in [0.5, 0.6) is 0 Å². The molecule has 0 aliphatic carbocycles. The number of nitrogens with zero attached hydrogens (tertiary/aromatic N) is 2. The summed E-state index contributed by atoms with van der Waals surface area (Å²) in [5.41, 5.74) is 1.74. The maximum Gasteiger partial charge on any atom is 0.221 e. The van der Waals surface area contributed by atoms with Gasteiger partial charge in [-0.1, -0.05) is 24.9 Å². The number of nitrogens with one attached hydrogen (secondary N) is 1. The molecule has 1 aromatic heterocycles. The average molecular weight is 258 g/mol. The first-order valence-electron chi connectivity index (χ1n) is 6.02. The van der Waals surface area contributed by atoms with Crippen LogP contribution in [0.2, 0.25) is 5.02 Å². The van der Waals surface area contributed by atoms with Crippen molar-refractivity contribution in [3.05, 3.63) is 16.4 Å². The number of unbranched alkanes of at least 4 members (excludes halogenated alkanes) is 1. The minimum absolute atomic E-state index is 0.0714. The van der Waals surface area contributed by atoms with Crippen LogP contribution in [-0.2, 0) is 11.3 Å².